The molecule has 1 aliphatic heterocycles. The molecule has 1 saturated heterocycles. The van der Waals surface area contributed by atoms with Crippen LogP contribution in [-0.4, -0.2) is 25.5 Å². The second kappa shape index (κ2) is 4.23. The zero-order chi connectivity index (χ0) is 10.8. The van der Waals surface area contributed by atoms with Gasteiger partial charge in [0, 0.05) is 23.2 Å². The van der Waals surface area contributed by atoms with Crippen molar-refractivity contribution < 1.29 is 4.79 Å². The first-order valence-electron chi connectivity index (χ1n) is 4.94. The molecule has 15 heavy (non-hydrogen) atoms. The van der Waals surface area contributed by atoms with Crippen LogP contribution in [0.2, 0.25) is 0 Å². The molecule has 3 nitrogen and oxygen atoms in total. The number of nitrogens with zero attached hydrogens (tertiary/aromatic N) is 1. The normalized spacial score (nSPS) is 16.4. The molecule has 0 saturated carbocycles. The van der Waals surface area contributed by atoms with Crippen LogP contribution in [0.15, 0.2) is 22.7 Å². The van der Waals surface area contributed by atoms with Gasteiger partial charge in [-0.1, -0.05) is 15.9 Å². The average Bonchev–Trinajstić information content (AvgIpc) is 2.17. The summed E-state index contributed by atoms with van der Waals surface area (Å²) in [5.74, 6) is 0.101. The molecule has 1 aromatic carbocycles. The molecule has 1 amide bonds. The number of piperazine rings is 1. The number of benzene rings is 1. The number of hydrogen-bond donors (Lipinski definition) is 1. The Labute approximate surface area is 97.6 Å². The Morgan fingerprint density at radius 1 is 1.47 bits per heavy atom. The van der Waals surface area contributed by atoms with Crippen molar-refractivity contribution in [3.63, 3.8) is 0 Å². The molecule has 1 N–H and O–H groups in total. The molecule has 2 rings (SSSR count). The summed E-state index contributed by atoms with van der Waals surface area (Å²) in [5, 5.41) is 2.82. The van der Waals surface area contributed by atoms with Crippen LogP contribution in [0.5, 0.6) is 0 Å². The van der Waals surface area contributed by atoms with E-state index in [2.05, 4.69) is 45.2 Å². The van der Waals surface area contributed by atoms with E-state index in [4.69, 9.17) is 0 Å². The first-order chi connectivity index (χ1) is 7.16. The van der Waals surface area contributed by atoms with Crippen molar-refractivity contribution in [2.24, 2.45) is 0 Å². The van der Waals surface area contributed by atoms with Gasteiger partial charge < -0.3 is 10.2 Å². The lowest BCUT2D eigenvalue weighted by atomic mass is 10.1. The van der Waals surface area contributed by atoms with E-state index in [1.807, 2.05) is 6.07 Å². The van der Waals surface area contributed by atoms with Crippen LogP contribution in [0.4, 0.5) is 5.69 Å². The largest absolute Gasteiger partial charge is 0.360 e. The molecule has 0 bridgehead atoms. The topological polar surface area (TPSA) is 32.3 Å². The molecule has 4 heteroatoms. The Morgan fingerprint density at radius 2 is 2.27 bits per heavy atom. The van der Waals surface area contributed by atoms with Gasteiger partial charge in [-0.05, 0) is 30.7 Å². The second-order valence-corrected chi connectivity index (χ2v) is 4.62. The van der Waals surface area contributed by atoms with Crippen LogP contribution >= 0.6 is 15.9 Å². The zero-order valence-electron chi connectivity index (χ0n) is 8.59. The Hall–Kier alpha value is -1.03. The summed E-state index contributed by atoms with van der Waals surface area (Å²) in [5.41, 5.74) is 2.34. The van der Waals surface area contributed by atoms with E-state index in [0.717, 1.165) is 23.2 Å². The summed E-state index contributed by atoms with van der Waals surface area (Å²) in [6.07, 6.45) is 0. The molecule has 0 aromatic heterocycles. The fourth-order valence-electron chi connectivity index (χ4n) is 1.82. The molecule has 1 aliphatic rings. The minimum absolute atomic E-state index is 0.101. The maximum absolute atomic E-state index is 11.3. The highest BCUT2D eigenvalue weighted by atomic mass is 79.9. The Kier molecular flexibility index (Phi) is 2.95. The number of amides is 1. The van der Waals surface area contributed by atoms with E-state index in [0.29, 0.717) is 6.54 Å². The lowest BCUT2D eigenvalue weighted by Crippen LogP contribution is -2.47. The van der Waals surface area contributed by atoms with E-state index in [1.54, 1.807) is 0 Å². The summed E-state index contributed by atoms with van der Waals surface area (Å²) in [7, 11) is 0. The highest BCUT2D eigenvalue weighted by Crippen LogP contribution is 2.24. The predicted molar refractivity (Wildman–Crippen MR) is 64.1 cm³/mol. The standard InChI is InChI=1S/C11H13BrN2O/c1-8-6-9(12)2-3-10(8)14-5-4-13-11(15)7-14/h2-3,6H,4-5,7H2,1H3,(H,13,15). The second-order valence-electron chi connectivity index (χ2n) is 3.70. The molecule has 0 aliphatic carbocycles. The fourth-order valence-corrected chi connectivity index (χ4v) is 2.29. The van der Waals surface area contributed by atoms with Crippen LogP contribution in [-0.2, 0) is 4.79 Å². The summed E-state index contributed by atoms with van der Waals surface area (Å²) >= 11 is 3.43. The van der Waals surface area contributed by atoms with Gasteiger partial charge in [0.25, 0.3) is 0 Å². The van der Waals surface area contributed by atoms with Gasteiger partial charge in [0.1, 0.15) is 0 Å². The molecule has 0 spiro atoms. The molecule has 1 aromatic rings. The van der Waals surface area contributed by atoms with E-state index < -0.39 is 0 Å². The highest BCUT2D eigenvalue weighted by Gasteiger charge is 2.17. The lowest BCUT2D eigenvalue weighted by molar-refractivity contribution is -0.120. The average molecular weight is 269 g/mol. The van der Waals surface area contributed by atoms with E-state index >= 15 is 0 Å². The smallest absolute Gasteiger partial charge is 0.239 e. The SMILES string of the molecule is Cc1cc(Br)ccc1N1CCNC(=O)C1. The van der Waals surface area contributed by atoms with Gasteiger partial charge in [-0.2, -0.15) is 0 Å². The summed E-state index contributed by atoms with van der Waals surface area (Å²) in [6, 6.07) is 6.13. The number of carbonyl (C=O) groups is 1. The Bertz CT molecular complexity index is 392. The third-order valence-corrected chi connectivity index (χ3v) is 3.03. The predicted octanol–water partition coefficient (Wildman–Crippen LogP) is 1.69. The number of rotatable bonds is 1. The number of aryl methyl sites for hydroxylation is 1. The van der Waals surface area contributed by atoms with E-state index in [9.17, 15) is 4.79 Å². The van der Waals surface area contributed by atoms with Crippen molar-refractivity contribution in [2.75, 3.05) is 24.5 Å². The summed E-state index contributed by atoms with van der Waals surface area (Å²) in [4.78, 5) is 13.4. The minimum Gasteiger partial charge on any atom is -0.360 e. The Balaban J connectivity index is 2.24. The van der Waals surface area contributed by atoms with Crippen LogP contribution in [0.1, 0.15) is 5.56 Å². The van der Waals surface area contributed by atoms with E-state index in [-0.39, 0.29) is 5.91 Å². The van der Waals surface area contributed by atoms with Crippen LogP contribution in [0.3, 0.4) is 0 Å². The fraction of sp³-hybridized carbons (Fsp3) is 0.364. The first kappa shape index (κ1) is 10.5. The molecular weight excluding hydrogens is 256 g/mol. The van der Waals surface area contributed by atoms with Gasteiger partial charge >= 0.3 is 0 Å². The highest BCUT2D eigenvalue weighted by molar-refractivity contribution is 9.10. The number of hydrogen-bond acceptors (Lipinski definition) is 2. The number of nitrogens with one attached hydrogen (secondary N) is 1. The third kappa shape index (κ3) is 2.31. The maximum atomic E-state index is 11.3. The zero-order valence-corrected chi connectivity index (χ0v) is 10.2. The quantitative estimate of drug-likeness (QED) is 0.841. The van der Waals surface area contributed by atoms with Crippen molar-refractivity contribution in [3.8, 4) is 0 Å². The summed E-state index contributed by atoms with van der Waals surface area (Å²) in [6.45, 7) is 4.14. The molecule has 80 valence electrons. The van der Waals surface area contributed by atoms with Crippen molar-refractivity contribution in [3.05, 3.63) is 28.2 Å². The van der Waals surface area contributed by atoms with Gasteiger partial charge in [-0.15, -0.1) is 0 Å². The number of halogens is 1. The first-order valence-corrected chi connectivity index (χ1v) is 5.74. The van der Waals surface area contributed by atoms with E-state index in [1.165, 1.54) is 5.56 Å². The molecule has 1 fully saturated rings. The van der Waals surface area contributed by atoms with Crippen molar-refractivity contribution >= 4 is 27.5 Å². The van der Waals surface area contributed by atoms with Crippen LogP contribution in [0.25, 0.3) is 0 Å². The molecule has 0 atom stereocenters. The number of anilines is 1. The Morgan fingerprint density at radius 3 is 2.93 bits per heavy atom. The monoisotopic (exact) mass is 268 g/mol. The lowest BCUT2D eigenvalue weighted by Gasteiger charge is -2.29. The van der Waals surface area contributed by atoms with Crippen molar-refractivity contribution in [1.29, 1.82) is 0 Å². The summed E-state index contributed by atoms with van der Waals surface area (Å²) < 4.78 is 1.07. The van der Waals surface area contributed by atoms with Crippen LogP contribution < -0.4 is 10.2 Å². The minimum atomic E-state index is 0.101. The number of carbonyl (C=O) groups excluding carboxylic acids is 1. The van der Waals surface area contributed by atoms with Crippen molar-refractivity contribution in [2.45, 2.75) is 6.92 Å². The molecular formula is C11H13BrN2O. The molecule has 0 unspecified atom stereocenters. The molecule has 1 heterocycles. The van der Waals surface area contributed by atoms with Gasteiger partial charge in [0.2, 0.25) is 5.91 Å². The van der Waals surface area contributed by atoms with Gasteiger partial charge in [0.05, 0.1) is 6.54 Å². The van der Waals surface area contributed by atoms with Crippen molar-refractivity contribution in [1.82, 2.24) is 5.32 Å². The maximum Gasteiger partial charge on any atom is 0.239 e. The third-order valence-electron chi connectivity index (χ3n) is 2.54. The van der Waals surface area contributed by atoms with Gasteiger partial charge in [0.15, 0.2) is 0 Å². The van der Waals surface area contributed by atoms with Gasteiger partial charge in [-0.25, -0.2) is 0 Å². The van der Waals surface area contributed by atoms with Gasteiger partial charge in [-0.3, -0.25) is 4.79 Å². The molecule has 0 radical (unpaired) electrons. The van der Waals surface area contributed by atoms with Crippen LogP contribution in [0, 0.1) is 6.92 Å².